The first kappa shape index (κ1) is 12.0. The standard InChI is InChI=1S/C9H15ClN4O/c1-13(2)5-4-11-9(15)8-7(10)6-12-14(8)3/h6H,4-5H2,1-3H3,(H,11,15). The second kappa shape index (κ2) is 5.14. The highest BCUT2D eigenvalue weighted by Gasteiger charge is 2.14. The van der Waals surface area contributed by atoms with E-state index in [0.29, 0.717) is 17.3 Å². The third-order valence-corrected chi connectivity index (χ3v) is 2.23. The molecule has 5 nitrogen and oxygen atoms in total. The third kappa shape index (κ3) is 3.21. The molecule has 0 atom stereocenters. The second-order valence-corrected chi connectivity index (χ2v) is 3.93. The topological polar surface area (TPSA) is 50.2 Å². The van der Waals surface area contributed by atoms with Crippen molar-refractivity contribution >= 4 is 17.5 Å². The lowest BCUT2D eigenvalue weighted by atomic mass is 10.4. The van der Waals surface area contributed by atoms with Crippen LogP contribution in [-0.4, -0.2) is 47.8 Å². The zero-order chi connectivity index (χ0) is 11.4. The van der Waals surface area contributed by atoms with Gasteiger partial charge >= 0.3 is 0 Å². The molecule has 0 aromatic carbocycles. The molecule has 0 unspecified atom stereocenters. The third-order valence-electron chi connectivity index (χ3n) is 1.95. The van der Waals surface area contributed by atoms with E-state index in [-0.39, 0.29) is 5.91 Å². The lowest BCUT2D eigenvalue weighted by Crippen LogP contribution is -2.32. The molecule has 1 heterocycles. The van der Waals surface area contributed by atoms with Crippen LogP contribution < -0.4 is 5.32 Å². The summed E-state index contributed by atoms with van der Waals surface area (Å²) in [6.45, 7) is 1.38. The minimum absolute atomic E-state index is 0.193. The molecular formula is C9H15ClN4O. The van der Waals surface area contributed by atoms with Crippen LogP contribution in [0.4, 0.5) is 0 Å². The molecule has 0 saturated carbocycles. The number of carbonyl (C=O) groups is 1. The number of likely N-dealkylation sites (N-methyl/N-ethyl adjacent to an activating group) is 1. The Balaban J connectivity index is 2.54. The van der Waals surface area contributed by atoms with Crippen molar-refractivity contribution in [3.05, 3.63) is 16.9 Å². The van der Waals surface area contributed by atoms with Gasteiger partial charge in [0.05, 0.1) is 11.2 Å². The number of aromatic nitrogens is 2. The molecule has 0 radical (unpaired) electrons. The summed E-state index contributed by atoms with van der Waals surface area (Å²) >= 11 is 5.83. The average molecular weight is 231 g/mol. The van der Waals surface area contributed by atoms with Crippen molar-refractivity contribution in [3.8, 4) is 0 Å². The molecule has 6 heteroatoms. The number of hydrogen-bond acceptors (Lipinski definition) is 3. The second-order valence-electron chi connectivity index (χ2n) is 3.52. The Morgan fingerprint density at radius 2 is 2.33 bits per heavy atom. The summed E-state index contributed by atoms with van der Waals surface area (Å²) in [5.41, 5.74) is 0.399. The molecular weight excluding hydrogens is 216 g/mol. The maximum atomic E-state index is 11.7. The Kier molecular flexibility index (Phi) is 4.11. The molecule has 1 aromatic rings. The monoisotopic (exact) mass is 230 g/mol. The van der Waals surface area contributed by atoms with Gasteiger partial charge < -0.3 is 10.2 Å². The van der Waals surface area contributed by atoms with Gasteiger partial charge in [-0.25, -0.2) is 0 Å². The van der Waals surface area contributed by atoms with Crippen molar-refractivity contribution < 1.29 is 4.79 Å². The molecule has 0 aliphatic rings. The fourth-order valence-electron chi connectivity index (χ4n) is 1.14. The van der Waals surface area contributed by atoms with Crippen LogP contribution in [0.5, 0.6) is 0 Å². The molecule has 0 saturated heterocycles. The lowest BCUT2D eigenvalue weighted by molar-refractivity contribution is 0.0942. The van der Waals surface area contributed by atoms with Crippen LogP contribution in [0.3, 0.4) is 0 Å². The van der Waals surface area contributed by atoms with Gasteiger partial charge in [-0.1, -0.05) is 11.6 Å². The molecule has 0 spiro atoms. The van der Waals surface area contributed by atoms with Crippen LogP contribution in [0.1, 0.15) is 10.5 Å². The number of rotatable bonds is 4. The molecule has 1 amide bonds. The van der Waals surface area contributed by atoms with Gasteiger partial charge in [-0.3, -0.25) is 9.48 Å². The number of halogens is 1. The Morgan fingerprint density at radius 3 is 2.80 bits per heavy atom. The van der Waals surface area contributed by atoms with Gasteiger partial charge in [0.25, 0.3) is 5.91 Å². The largest absolute Gasteiger partial charge is 0.349 e. The first-order chi connectivity index (χ1) is 7.02. The number of hydrogen-bond donors (Lipinski definition) is 1. The van der Waals surface area contributed by atoms with E-state index in [4.69, 9.17) is 11.6 Å². The maximum Gasteiger partial charge on any atom is 0.271 e. The van der Waals surface area contributed by atoms with Crippen LogP contribution in [-0.2, 0) is 7.05 Å². The van der Waals surface area contributed by atoms with E-state index in [9.17, 15) is 4.79 Å². The minimum Gasteiger partial charge on any atom is -0.349 e. The molecule has 0 aliphatic heterocycles. The number of amides is 1. The Hall–Kier alpha value is -1.07. The smallest absolute Gasteiger partial charge is 0.271 e. The fraction of sp³-hybridized carbons (Fsp3) is 0.556. The predicted octanol–water partition coefficient (Wildman–Crippen LogP) is 0.365. The molecule has 1 N–H and O–H groups in total. The average Bonchev–Trinajstić information content (AvgIpc) is 2.45. The van der Waals surface area contributed by atoms with Gasteiger partial charge in [0.2, 0.25) is 0 Å². The van der Waals surface area contributed by atoms with Gasteiger partial charge in [-0.15, -0.1) is 0 Å². The van der Waals surface area contributed by atoms with Crippen molar-refractivity contribution in [2.24, 2.45) is 7.05 Å². The van der Waals surface area contributed by atoms with E-state index in [0.717, 1.165) is 6.54 Å². The van der Waals surface area contributed by atoms with Crippen molar-refractivity contribution in [1.82, 2.24) is 20.0 Å². The predicted molar refractivity (Wildman–Crippen MR) is 59.1 cm³/mol. The molecule has 0 bridgehead atoms. The van der Waals surface area contributed by atoms with E-state index in [1.54, 1.807) is 7.05 Å². The SMILES string of the molecule is CN(C)CCNC(=O)c1c(Cl)cnn1C. The minimum atomic E-state index is -0.193. The highest BCUT2D eigenvalue weighted by molar-refractivity contribution is 6.33. The summed E-state index contributed by atoms with van der Waals surface area (Å²) < 4.78 is 1.47. The molecule has 1 aromatic heterocycles. The fourth-order valence-corrected chi connectivity index (χ4v) is 1.39. The highest BCUT2D eigenvalue weighted by Crippen LogP contribution is 2.13. The summed E-state index contributed by atoms with van der Waals surface area (Å²) in [5.74, 6) is -0.193. The first-order valence-corrected chi connectivity index (χ1v) is 5.00. The first-order valence-electron chi connectivity index (χ1n) is 4.63. The van der Waals surface area contributed by atoms with E-state index >= 15 is 0 Å². The van der Waals surface area contributed by atoms with Crippen molar-refractivity contribution in [1.29, 1.82) is 0 Å². The zero-order valence-corrected chi connectivity index (χ0v) is 9.88. The van der Waals surface area contributed by atoms with Crippen LogP contribution in [0.25, 0.3) is 0 Å². The molecule has 0 aliphatic carbocycles. The number of nitrogens with zero attached hydrogens (tertiary/aromatic N) is 3. The van der Waals surface area contributed by atoms with Crippen molar-refractivity contribution in [2.45, 2.75) is 0 Å². The molecule has 15 heavy (non-hydrogen) atoms. The van der Waals surface area contributed by atoms with Gasteiger partial charge in [0.15, 0.2) is 0 Å². The van der Waals surface area contributed by atoms with Crippen molar-refractivity contribution in [2.75, 3.05) is 27.2 Å². The van der Waals surface area contributed by atoms with Gasteiger partial charge in [-0.05, 0) is 14.1 Å². The Labute approximate surface area is 94.0 Å². The lowest BCUT2D eigenvalue weighted by Gasteiger charge is -2.10. The summed E-state index contributed by atoms with van der Waals surface area (Å²) in [4.78, 5) is 13.6. The van der Waals surface area contributed by atoms with Gasteiger partial charge in [0, 0.05) is 20.1 Å². The summed E-state index contributed by atoms with van der Waals surface area (Å²) in [6, 6.07) is 0. The molecule has 1 rings (SSSR count). The zero-order valence-electron chi connectivity index (χ0n) is 9.12. The summed E-state index contributed by atoms with van der Waals surface area (Å²) in [6.07, 6.45) is 1.46. The number of aryl methyl sites for hydroxylation is 1. The van der Waals surface area contributed by atoms with Crippen LogP contribution in [0.2, 0.25) is 5.02 Å². The van der Waals surface area contributed by atoms with E-state index in [1.165, 1.54) is 10.9 Å². The van der Waals surface area contributed by atoms with E-state index < -0.39 is 0 Å². The Morgan fingerprint density at radius 1 is 1.67 bits per heavy atom. The number of carbonyl (C=O) groups excluding carboxylic acids is 1. The normalized spacial score (nSPS) is 10.7. The molecule has 0 fully saturated rings. The van der Waals surface area contributed by atoms with Crippen LogP contribution in [0.15, 0.2) is 6.20 Å². The van der Waals surface area contributed by atoms with Crippen molar-refractivity contribution in [3.63, 3.8) is 0 Å². The Bertz CT molecular complexity index is 328. The number of nitrogens with one attached hydrogen (secondary N) is 1. The van der Waals surface area contributed by atoms with Gasteiger partial charge in [0.1, 0.15) is 5.69 Å². The van der Waals surface area contributed by atoms with E-state index in [2.05, 4.69) is 10.4 Å². The van der Waals surface area contributed by atoms with Crippen LogP contribution in [0, 0.1) is 0 Å². The van der Waals surface area contributed by atoms with Gasteiger partial charge in [-0.2, -0.15) is 5.10 Å². The molecule has 84 valence electrons. The van der Waals surface area contributed by atoms with E-state index in [1.807, 2.05) is 19.0 Å². The quantitative estimate of drug-likeness (QED) is 0.813. The maximum absolute atomic E-state index is 11.7. The highest BCUT2D eigenvalue weighted by atomic mass is 35.5. The van der Waals surface area contributed by atoms with Crippen LogP contribution >= 0.6 is 11.6 Å². The summed E-state index contributed by atoms with van der Waals surface area (Å²) in [5, 5.41) is 7.04. The summed E-state index contributed by atoms with van der Waals surface area (Å²) in [7, 11) is 5.58.